The number of carbonyl (C=O) groups excluding carboxylic acids is 1. The zero-order valence-corrected chi connectivity index (χ0v) is 17.3. The molecule has 0 heterocycles. The zero-order chi connectivity index (χ0) is 20.7. The van der Waals surface area contributed by atoms with Gasteiger partial charge in [-0.3, -0.25) is 0 Å². The molecule has 28 heavy (non-hydrogen) atoms. The van der Waals surface area contributed by atoms with E-state index >= 15 is 0 Å². The van der Waals surface area contributed by atoms with E-state index in [2.05, 4.69) is 5.32 Å². The number of rotatable bonds is 9. The molecule has 2 aromatic carbocycles. The molecule has 0 saturated heterocycles. The third-order valence-electron chi connectivity index (χ3n) is 4.85. The number of esters is 1. The third kappa shape index (κ3) is 5.26. The number of methoxy groups -OCH3 is 1. The number of ether oxygens (including phenoxy) is 2. The highest BCUT2D eigenvalue weighted by Gasteiger charge is 2.45. The van der Waals surface area contributed by atoms with Crippen molar-refractivity contribution in [2.24, 2.45) is 5.92 Å². The quantitative estimate of drug-likeness (QED) is 0.619. The van der Waals surface area contributed by atoms with Gasteiger partial charge < -0.3 is 19.9 Å². The molecule has 2 atom stereocenters. The Hall–Kier alpha value is -2.53. The molecule has 0 aliphatic carbocycles. The van der Waals surface area contributed by atoms with Gasteiger partial charge in [-0.05, 0) is 49.6 Å². The number of aliphatic hydroxyl groups excluding tert-OH is 1. The number of hydrogen-bond donors (Lipinski definition) is 2. The maximum absolute atomic E-state index is 13.2. The second kappa shape index (κ2) is 9.60. The van der Waals surface area contributed by atoms with Crippen LogP contribution in [0.5, 0.6) is 5.75 Å². The van der Waals surface area contributed by atoms with Gasteiger partial charge >= 0.3 is 5.97 Å². The average Bonchev–Trinajstić information content (AvgIpc) is 2.67. The van der Waals surface area contributed by atoms with Gasteiger partial charge in [0.05, 0.1) is 19.3 Å². The van der Waals surface area contributed by atoms with Gasteiger partial charge in [-0.1, -0.05) is 44.2 Å². The molecule has 0 aliphatic rings. The molecule has 5 heteroatoms. The summed E-state index contributed by atoms with van der Waals surface area (Å²) in [7, 11) is 1.61. The topological polar surface area (TPSA) is 67.8 Å². The maximum Gasteiger partial charge on any atom is 0.332 e. The summed E-state index contributed by atoms with van der Waals surface area (Å²) in [6.07, 6.45) is -0.877. The largest absolute Gasteiger partial charge is 0.497 e. The van der Waals surface area contributed by atoms with Crippen molar-refractivity contribution in [3.05, 3.63) is 60.2 Å². The smallest absolute Gasteiger partial charge is 0.332 e. The standard InChI is InChI=1S/C23H31NO4/c1-16(2)23(22(26)28-17(3)4,15-21(25)18-9-7-6-8-10-18)24-19-11-13-20(27-5)14-12-19/h6-14,16-17,21,24-25H,15H2,1-5H3. The average molecular weight is 386 g/mol. The number of anilines is 1. The van der Waals surface area contributed by atoms with Gasteiger partial charge in [0.2, 0.25) is 0 Å². The van der Waals surface area contributed by atoms with Crippen molar-refractivity contribution in [2.45, 2.75) is 51.9 Å². The van der Waals surface area contributed by atoms with Gasteiger partial charge in [0.15, 0.2) is 0 Å². The van der Waals surface area contributed by atoms with Crippen molar-refractivity contribution < 1.29 is 19.4 Å². The van der Waals surface area contributed by atoms with Gasteiger partial charge in [0.25, 0.3) is 0 Å². The van der Waals surface area contributed by atoms with Crippen molar-refractivity contribution in [3.63, 3.8) is 0 Å². The first kappa shape index (κ1) is 21.8. The predicted octanol–water partition coefficient (Wildman–Crippen LogP) is 4.58. The molecule has 0 spiro atoms. The maximum atomic E-state index is 13.2. The minimum Gasteiger partial charge on any atom is -0.497 e. The molecular formula is C23H31NO4. The molecule has 152 valence electrons. The lowest BCUT2D eigenvalue weighted by atomic mass is 9.79. The molecule has 2 N–H and O–H groups in total. The Bertz CT molecular complexity index is 743. The Morgan fingerprint density at radius 3 is 2.14 bits per heavy atom. The molecule has 0 bridgehead atoms. The molecule has 0 saturated carbocycles. The van der Waals surface area contributed by atoms with Crippen molar-refractivity contribution in [2.75, 3.05) is 12.4 Å². The number of benzene rings is 2. The van der Waals surface area contributed by atoms with Crippen LogP contribution in [0.15, 0.2) is 54.6 Å². The van der Waals surface area contributed by atoms with Gasteiger partial charge in [0.1, 0.15) is 11.3 Å². The fourth-order valence-electron chi connectivity index (χ4n) is 3.15. The van der Waals surface area contributed by atoms with Crippen LogP contribution in [0, 0.1) is 5.92 Å². The van der Waals surface area contributed by atoms with Crippen molar-refractivity contribution in [1.29, 1.82) is 0 Å². The monoisotopic (exact) mass is 385 g/mol. The molecular weight excluding hydrogens is 354 g/mol. The molecule has 2 rings (SSSR count). The summed E-state index contributed by atoms with van der Waals surface area (Å²) < 4.78 is 10.8. The van der Waals surface area contributed by atoms with E-state index in [0.717, 1.165) is 17.0 Å². The van der Waals surface area contributed by atoms with Crippen LogP contribution in [-0.2, 0) is 9.53 Å². The Balaban J connectivity index is 2.39. The Morgan fingerprint density at radius 1 is 1.04 bits per heavy atom. The summed E-state index contributed by atoms with van der Waals surface area (Å²) in [5.41, 5.74) is 0.436. The third-order valence-corrected chi connectivity index (χ3v) is 4.85. The van der Waals surface area contributed by atoms with Crippen LogP contribution in [0.2, 0.25) is 0 Å². The van der Waals surface area contributed by atoms with Crippen LogP contribution in [-0.4, -0.2) is 29.8 Å². The minimum absolute atomic E-state index is 0.126. The Kier molecular flexibility index (Phi) is 7.46. The normalized spacial score (nSPS) is 14.4. The van der Waals surface area contributed by atoms with E-state index in [-0.39, 0.29) is 24.4 Å². The zero-order valence-electron chi connectivity index (χ0n) is 17.3. The number of nitrogens with one attached hydrogen (secondary N) is 1. The lowest BCUT2D eigenvalue weighted by molar-refractivity contribution is -0.156. The Labute approximate surface area is 167 Å². The molecule has 0 aliphatic heterocycles. The van der Waals surface area contributed by atoms with Crippen LogP contribution in [0.1, 0.15) is 45.8 Å². The first-order chi connectivity index (χ1) is 13.3. The number of aliphatic hydroxyl groups is 1. The first-order valence-corrected chi connectivity index (χ1v) is 9.65. The van der Waals surface area contributed by atoms with Gasteiger partial charge in [-0.15, -0.1) is 0 Å². The fourth-order valence-corrected chi connectivity index (χ4v) is 3.15. The molecule has 0 aromatic heterocycles. The summed E-state index contributed by atoms with van der Waals surface area (Å²) in [4.78, 5) is 13.2. The van der Waals surface area contributed by atoms with Gasteiger partial charge in [-0.25, -0.2) is 4.79 Å². The van der Waals surface area contributed by atoms with Crippen LogP contribution in [0.25, 0.3) is 0 Å². The lowest BCUT2D eigenvalue weighted by Gasteiger charge is -2.39. The van der Waals surface area contributed by atoms with Crippen LogP contribution >= 0.6 is 0 Å². The van der Waals surface area contributed by atoms with Crippen molar-refractivity contribution >= 4 is 11.7 Å². The van der Waals surface area contributed by atoms with Gasteiger partial charge in [0, 0.05) is 12.1 Å². The van der Waals surface area contributed by atoms with E-state index in [9.17, 15) is 9.90 Å². The second-order valence-corrected chi connectivity index (χ2v) is 7.56. The van der Waals surface area contributed by atoms with E-state index in [0.29, 0.717) is 0 Å². The van der Waals surface area contributed by atoms with E-state index in [1.165, 1.54) is 0 Å². The molecule has 0 radical (unpaired) electrons. The van der Waals surface area contributed by atoms with Crippen LogP contribution < -0.4 is 10.1 Å². The number of hydrogen-bond acceptors (Lipinski definition) is 5. The summed E-state index contributed by atoms with van der Waals surface area (Å²) in [5, 5.41) is 14.2. The molecule has 0 fully saturated rings. The molecule has 2 aromatic rings. The summed E-state index contributed by atoms with van der Waals surface area (Å²) >= 11 is 0. The molecule has 5 nitrogen and oxygen atoms in total. The van der Waals surface area contributed by atoms with E-state index in [1.54, 1.807) is 7.11 Å². The second-order valence-electron chi connectivity index (χ2n) is 7.56. The highest BCUT2D eigenvalue weighted by molar-refractivity contribution is 5.85. The van der Waals surface area contributed by atoms with Gasteiger partial charge in [-0.2, -0.15) is 0 Å². The van der Waals surface area contributed by atoms with Crippen LogP contribution in [0.3, 0.4) is 0 Å². The predicted molar refractivity (Wildman–Crippen MR) is 111 cm³/mol. The van der Waals surface area contributed by atoms with E-state index in [4.69, 9.17) is 9.47 Å². The van der Waals surface area contributed by atoms with E-state index in [1.807, 2.05) is 82.3 Å². The van der Waals surface area contributed by atoms with Crippen molar-refractivity contribution in [1.82, 2.24) is 0 Å². The molecule has 2 unspecified atom stereocenters. The van der Waals surface area contributed by atoms with Crippen molar-refractivity contribution in [3.8, 4) is 5.75 Å². The molecule has 0 amide bonds. The highest BCUT2D eigenvalue weighted by atomic mass is 16.5. The summed E-state index contributed by atoms with van der Waals surface area (Å²) in [6.45, 7) is 7.56. The van der Waals surface area contributed by atoms with Crippen LogP contribution in [0.4, 0.5) is 5.69 Å². The SMILES string of the molecule is COc1ccc(NC(CC(O)c2ccccc2)(C(=O)OC(C)C)C(C)C)cc1. The fraction of sp³-hybridized carbons (Fsp3) is 0.435. The highest BCUT2D eigenvalue weighted by Crippen LogP contribution is 2.35. The summed E-state index contributed by atoms with van der Waals surface area (Å²) in [6, 6.07) is 16.7. The Morgan fingerprint density at radius 2 is 1.64 bits per heavy atom. The summed E-state index contributed by atoms with van der Waals surface area (Å²) in [5.74, 6) is 0.234. The number of carbonyl (C=O) groups is 1. The van der Waals surface area contributed by atoms with E-state index < -0.39 is 11.6 Å². The minimum atomic E-state index is -1.09. The first-order valence-electron chi connectivity index (χ1n) is 9.65. The lowest BCUT2D eigenvalue weighted by Crippen LogP contribution is -2.53.